The third-order valence-corrected chi connectivity index (χ3v) is 4.42. The summed E-state index contributed by atoms with van der Waals surface area (Å²) in [5.74, 6) is 2.65. The lowest BCUT2D eigenvalue weighted by molar-refractivity contribution is 0.355. The summed E-state index contributed by atoms with van der Waals surface area (Å²) in [6.07, 6.45) is 0. The smallest absolute Gasteiger partial charge is 0.227 e. The van der Waals surface area contributed by atoms with Crippen molar-refractivity contribution in [2.75, 3.05) is 21.3 Å². The van der Waals surface area contributed by atoms with Crippen LogP contribution in [0.5, 0.6) is 17.2 Å². The zero-order valence-corrected chi connectivity index (χ0v) is 15.4. The molecule has 4 aromatic rings. The molecule has 0 N–H and O–H groups in total. The molecule has 0 spiro atoms. The third-order valence-electron chi connectivity index (χ3n) is 4.42. The van der Waals surface area contributed by atoms with Crippen LogP contribution in [0.25, 0.3) is 33.7 Å². The molecule has 4 rings (SSSR count). The number of rotatable bonds is 5. The van der Waals surface area contributed by atoms with E-state index in [4.69, 9.17) is 18.6 Å². The van der Waals surface area contributed by atoms with Gasteiger partial charge in [0.15, 0.2) is 17.1 Å². The van der Waals surface area contributed by atoms with Gasteiger partial charge in [-0.05, 0) is 53.6 Å². The number of ether oxygens (including phenoxy) is 3. The Balaban J connectivity index is 1.75. The molecular formula is C22H19NO4. The Hall–Kier alpha value is -3.47. The van der Waals surface area contributed by atoms with Crippen molar-refractivity contribution >= 4 is 11.1 Å². The molecule has 0 atom stereocenters. The molecule has 0 aliphatic heterocycles. The van der Waals surface area contributed by atoms with Crippen LogP contribution in [0.3, 0.4) is 0 Å². The summed E-state index contributed by atoms with van der Waals surface area (Å²) >= 11 is 0. The molecule has 0 aliphatic carbocycles. The van der Waals surface area contributed by atoms with E-state index in [2.05, 4.69) is 4.98 Å². The minimum atomic E-state index is 0.536. The van der Waals surface area contributed by atoms with Gasteiger partial charge in [0.1, 0.15) is 11.3 Å². The Bertz CT molecular complexity index is 1100. The van der Waals surface area contributed by atoms with Gasteiger partial charge in [-0.1, -0.05) is 18.2 Å². The zero-order chi connectivity index (χ0) is 18.8. The van der Waals surface area contributed by atoms with Gasteiger partial charge in [0, 0.05) is 5.56 Å². The molecule has 0 unspecified atom stereocenters. The van der Waals surface area contributed by atoms with Crippen LogP contribution >= 0.6 is 0 Å². The predicted molar refractivity (Wildman–Crippen MR) is 105 cm³/mol. The third kappa shape index (κ3) is 3.19. The number of methoxy groups -OCH3 is 3. The Kier molecular flexibility index (Phi) is 4.42. The molecule has 5 nitrogen and oxygen atoms in total. The molecular weight excluding hydrogens is 342 g/mol. The first-order valence-corrected chi connectivity index (χ1v) is 8.49. The molecule has 0 saturated carbocycles. The van der Waals surface area contributed by atoms with E-state index >= 15 is 0 Å². The quantitative estimate of drug-likeness (QED) is 0.490. The van der Waals surface area contributed by atoms with Crippen LogP contribution in [-0.2, 0) is 0 Å². The van der Waals surface area contributed by atoms with Gasteiger partial charge in [-0.15, -0.1) is 0 Å². The summed E-state index contributed by atoms with van der Waals surface area (Å²) in [6, 6.07) is 19.5. The van der Waals surface area contributed by atoms with Gasteiger partial charge in [0.05, 0.1) is 21.3 Å². The number of nitrogens with zero attached hydrogens (tertiary/aromatic N) is 1. The van der Waals surface area contributed by atoms with Crippen molar-refractivity contribution in [1.82, 2.24) is 4.98 Å². The van der Waals surface area contributed by atoms with E-state index in [0.717, 1.165) is 33.5 Å². The van der Waals surface area contributed by atoms with Crippen LogP contribution in [0, 0.1) is 0 Å². The first kappa shape index (κ1) is 17.0. The molecule has 0 saturated heterocycles. The molecule has 0 bridgehead atoms. The van der Waals surface area contributed by atoms with Crippen molar-refractivity contribution in [3.8, 4) is 39.8 Å². The fourth-order valence-corrected chi connectivity index (χ4v) is 3.00. The fraction of sp³-hybridized carbons (Fsp3) is 0.136. The van der Waals surface area contributed by atoms with Gasteiger partial charge in [0.25, 0.3) is 0 Å². The first-order valence-electron chi connectivity index (χ1n) is 8.49. The highest BCUT2D eigenvalue weighted by Crippen LogP contribution is 2.34. The van der Waals surface area contributed by atoms with Crippen LogP contribution < -0.4 is 14.2 Å². The average Bonchev–Trinajstić information content (AvgIpc) is 3.16. The summed E-state index contributed by atoms with van der Waals surface area (Å²) in [6.45, 7) is 0. The summed E-state index contributed by atoms with van der Waals surface area (Å²) in [4.78, 5) is 4.59. The molecule has 136 valence electrons. The lowest BCUT2D eigenvalue weighted by atomic mass is 10.1. The summed E-state index contributed by atoms with van der Waals surface area (Å²) in [5, 5.41) is 0. The minimum Gasteiger partial charge on any atom is -0.497 e. The number of fused-ring (bicyclic) bond motifs is 1. The van der Waals surface area contributed by atoms with Gasteiger partial charge in [-0.2, -0.15) is 0 Å². The SMILES string of the molecule is COc1cccc(-c2ccc3nc(-c4ccc(OC)c(OC)c4)oc3c2)c1. The number of hydrogen-bond donors (Lipinski definition) is 0. The van der Waals surface area contributed by atoms with E-state index < -0.39 is 0 Å². The van der Waals surface area contributed by atoms with Crippen molar-refractivity contribution < 1.29 is 18.6 Å². The molecule has 0 radical (unpaired) electrons. The second-order valence-corrected chi connectivity index (χ2v) is 6.00. The lowest BCUT2D eigenvalue weighted by Crippen LogP contribution is -1.90. The standard InChI is InChI=1S/C22H19NO4/c1-24-17-6-4-5-14(11-17)15-7-9-18-20(12-15)27-22(23-18)16-8-10-19(25-2)21(13-16)26-3/h4-13H,1-3H3. The molecule has 0 fully saturated rings. The average molecular weight is 361 g/mol. The Morgan fingerprint density at radius 1 is 0.704 bits per heavy atom. The summed E-state index contributed by atoms with van der Waals surface area (Å²) < 4.78 is 22.0. The molecule has 0 aliphatic rings. The van der Waals surface area contributed by atoms with E-state index in [1.165, 1.54) is 0 Å². The first-order chi connectivity index (χ1) is 13.2. The Morgan fingerprint density at radius 2 is 1.48 bits per heavy atom. The van der Waals surface area contributed by atoms with Crippen molar-refractivity contribution in [2.24, 2.45) is 0 Å². The highest BCUT2D eigenvalue weighted by atomic mass is 16.5. The number of hydrogen-bond acceptors (Lipinski definition) is 5. The van der Waals surface area contributed by atoms with E-state index in [9.17, 15) is 0 Å². The molecule has 27 heavy (non-hydrogen) atoms. The maximum atomic E-state index is 6.01. The van der Waals surface area contributed by atoms with Crippen LogP contribution in [0.1, 0.15) is 0 Å². The number of benzene rings is 3. The Morgan fingerprint density at radius 3 is 2.26 bits per heavy atom. The second kappa shape index (κ2) is 7.03. The van der Waals surface area contributed by atoms with E-state index in [-0.39, 0.29) is 0 Å². The molecule has 3 aromatic carbocycles. The monoisotopic (exact) mass is 361 g/mol. The second-order valence-electron chi connectivity index (χ2n) is 6.00. The van der Waals surface area contributed by atoms with E-state index in [0.29, 0.717) is 17.4 Å². The van der Waals surface area contributed by atoms with Crippen molar-refractivity contribution in [3.05, 3.63) is 60.7 Å². The van der Waals surface area contributed by atoms with Crippen molar-refractivity contribution in [2.45, 2.75) is 0 Å². The van der Waals surface area contributed by atoms with Gasteiger partial charge in [-0.25, -0.2) is 4.98 Å². The lowest BCUT2D eigenvalue weighted by Gasteiger charge is -2.07. The van der Waals surface area contributed by atoms with Gasteiger partial charge < -0.3 is 18.6 Å². The zero-order valence-electron chi connectivity index (χ0n) is 15.4. The number of aromatic nitrogens is 1. The maximum absolute atomic E-state index is 6.01. The summed E-state index contributed by atoms with van der Waals surface area (Å²) in [7, 11) is 4.87. The molecule has 1 aromatic heterocycles. The van der Waals surface area contributed by atoms with Gasteiger partial charge in [0.2, 0.25) is 5.89 Å². The highest BCUT2D eigenvalue weighted by Gasteiger charge is 2.13. The molecule has 0 amide bonds. The van der Waals surface area contributed by atoms with Crippen LogP contribution in [0.2, 0.25) is 0 Å². The van der Waals surface area contributed by atoms with Crippen LogP contribution in [0.4, 0.5) is 0 Å². The molecule has 1 heterocycles. The van der Waals surface area contributed by atoms with Gasteiger partial charge >= 0.3 is 0 Å². The largest absolute Gasteiger partial charge is 0.497 e. The number of oxazole rings is 1. The molecule has 5 heteroatoms. The highest BCUT2D eigenvalue weighted by molar-refractivity contribution is 5.82. The van der Waals surface area contributed by atoms with E-state index in [1.807, 2.05) is 60.7 Å². The topological polar surface area (TPSA) is 53.7 Å². The minimum absolute atomic E-state index is 0.536. The van der Waals surface area contributed by atoms with E-state index in [1.54, 1.807) is 21.3 Å². The van der Waals surface area contributed by atoms with Crippen molar-refractivity contribution in [1.29, 1.82) is 0 Å². The van der Waals surface area contributed by atoms with Crippen LogP contribution in [-0.4, -0.2) is 26.3 Å². The Labute approximate surface area is 157 Å². The van der Waals surface area contributed by atoms with Crippen molar-refractivity contribution in [3.63, 3.8) is 0 Å². The predicted octanol–water partition coefficient (Wildman–Crippen LogP) is 5.19. The van der Waals surface area contributed by atoms with Crippen LogP contribution in [0.15, 0.2) is 65.1 Å². The van der Waals surface area contributed by atoms with Gasteiger partial charge in [-0.3, -0.25) is 0 Å². The maximum Gasteiger partial charge on any atom is 0.227 e. The normalized spacial score (nSPS) is 10.8. The fourth-order valence-electron chi connectivity index (χ4n) is 3.00. The summed E-state index contributed by atoms with van der Waals surface area (Å²) in [5.41, 5.74) is 4.44.